The van der Waals surface area contributed by atoms with E-state index in [-0.39, 0.29) is 12.6 Å². The van der Waals surface area contributed by atoms with Crippen molar-refractivity contribution in [3.8, 4) is 0 Å². The maximum absolute atomic E-state index is 11.8. The molecule has 0 aliphatic heterocycles. The summed E-state index contributed by atoms with van der Waals surface area (Å²) in [4.78, 5) is 23.9. The quantitative estimate of drug-likeness (QED) is 0.711. The fraction of sp³-hybridized carbons (Fsp3) is 0.833. The van der Waals surface area contributed by atoms with Gasteiger partial charge >= 0.3 is 12.0 Å². The standard InChI is InChI=1S/C12H22N2O3/c1-3-9(2)6-13-12(17)14(8-11(15)16)7-10-4-5-10/h9-10H,3-8H2,1-2H3,(H,13,17)(H,15,16). The fourth-order valence-electron chi connectivity index (χ4n) is 1.51. The highest BCUT2D eigenvalue weighted by Gasteiger charge is 2.27. The molecule has 98 valence electrons. The highest BCUT2D eigenvalue weighted by Crippen LogP contribution is 2.29. The monoisotopic (exact) mass is 242 g/mol. The van der Waals surface area contributed by atoms with Crippen molar-refractivity contribution in [2.45, 2.75) is 33.1 Å². The van der Waals surface area contributed by atoms with Crippen LogP contribution < -0.4 is 5.32 Å². The van der Waals surface area contributed by atoms with E-state index in [9.17, 15) is 9.59 Å². The van der Waals surface area contributed by atoms with Crippen molar-refractivity contribution in [3.05, 3.63) is 0 Å². The summed E-state index contributed by atoms with van der Waals surface area (Å²) in [5.74, 6) is -0.0282. The van der Waals surface area contributed by atoms with Gasteiger partial charge in [0.05, 0.1) is 0 Å². The molecule has 2 amide bonds. The molecule has 0 bridgehead atoms. The number of hydrogen-bond acceptors (Lipinski definition) is 2. The molecule has 0 radical (unpaired) electrons. The first-order chi connectivity index (χ1) is 8.02. The van der Waals surface area contributed by atoms with Crippen molar-refractivity contribution in [2.75, 3.05) is 19.6 Å². The van der Waals surface area contributed by atoms with Crippen LogP contribution in [0, 0.1) is 11.8 Å². The summed E-state index contributed by atoms with van der Waals surface area (Å²) in [7, 11) is 0. The first kappa shape index (κ1) is 13.8. The molecule has 1 atom stereocenters. The van der Waals surface area contributed by atoms with Gasteiger partial charge in [-0.25, -0.2) is 4.79 Å². The second-order valence-electron chi connectivity index (χ2n) is 4.92. The molecule has 2 N–H and O–H groups in total. The van der Waals surface area contributed by atoms with Crippen molar-refractivity contribution in [2.24, 2.45) is 11.8 Å². The number of aliphatic carboxylic acids is 1. The first-order valence-electron chi connectivity index (χ1n) is 6.27. The number of carboxylic acids is 1. The summed E-state index contributed by atoms with van der Waals surface area (Å²) in [5, 5.41) is 11.6. The molecular formula is C12H22N2O3. The van der Waals surface area contributed by atoms with Gasteiger partial charge in [0.1, 0.15) is 6.54 Å². The molecule has 0 aromatic heterocycles. The van der Waals surface area contributed by atoms with Gasteiger partial charge < -0.3 is 15.3 Å². The second kappa shape index (κ2) is 6.47. The molecule has 1 rings (SSSR count). The molecule has 5 nitrogen and oxygen atoms in total. The zero-order valence-corrected chi connectivity index (χ0v) is 10.6. The van der Waals surface area contributed by atoms with Crippen molar-refractivity contribution < 1.29 is 14.7 Å². The summed E-state index contributed by atoms with van der Waals surface area (Å²) in [6, 6.07) is -0.250. The van der Waals surface area contributed by atoms with Gasteiger partial charge in [0, 0.05) is 13.1 Å². The van der Waals surface area contributed by atoms with E-state index >= 15 is 0 Å². The van der Waals surface area contributed by atoms with Crippen molar-refractivity contribution in [3.63, 3.8) is 0 Å². The molecule has 1 aliphatic carbocycles. The van der Waals surface area contributed by atoms with Crippen LogP contribution in [-0.4, -0.2) is 41.6 Å². The Morgan fingerprint density at radius 2 is 2.12 bits per heavy atom. The lowest BCUT2D eigenvalue weighted by atomic mass is 10.1. The summed E-state index contributed by atoms with van der Waals surface area (Å²) in [5.41, 5.74) is 0. The summed E-state index contributed by atoms with van der Waals surface area (Å²) in [6.45, 7) is 5.09. The highest BCUT2D eigenvalue weighted by atomic mass is 16.4. The lowest BCUT2D eigenvalue weighted by molar-refractivity contribution is -0.137. The van der Waals surface area contributed by atoms with Crippen molar-refractivity contribution >= 4 is 12.0 Å². The molecule has 0 aromatic rings. The van der Waals surface area contributed by atoms with E-state index in [1.165, 1.54) is 4.90 Å². The Morgan fingerprint density at radius 1 is 1.47 bits per heavy atom. The smallest absolute Gasteiger partial charge is 0.323 e. The molecule has 1 saturated carbocycles. The van der Waals surface area contributed by atoms with Crippen LogP contribution in [0.25, 0.3) is 0 Å². The minimum absolute atomic E-state index is 0.206. The van der Waals surface area contributed by atoms with Crippen LogP contribution in [0.5, 0.6) is 0 Å². The zero-order valence-electron chi connectivity index (χ0n) is 10.6. The van der Waals surface area contributed by atoms with E-state index in [0.29, 0.717) is 24.9 Å². The Bertz CT molecular complexity index is 277. The normalized spacial score (nSPS) is 16.4. The van der Waals surface area contributed by atoms with E-state index in [0.717, 1.165) is 19.3 Å². The zero-order chi connectivity index (χ0) is 12.8. The number of carbonyl (C=O) groups excluding carboxylic acids is 1. The number of urea groups is 1. The van der Waals surface area contributed by atoms with Crippen LogP contribution in [0.3, 0.4) is 0 Å². The number of carboxylic acid groups (broad SMARTS) is 1. The minimum Gasteiger partial charge on any atom is -0.480 e. The van der Waals surface area contributed by atoms with Crippen molar-refractivity contribution in [1.82, 2.24) is 10.2 Å². The molecule has 1 unspecified atom stereocenters. The van der Waals surface area contributed by atoms with E-state index in [4.69, 9.17) is 5.11 Å². The van der Waals surface area contributed by atoms with Crippen LogP contribution in [0.4, 0.5) is 4.79 Å². The summed E-state index contributed by atoms with van der Waals surface area (Å²) < 4.78 is 0. The number of nitrogens with one attached hydrogen (secondary N) is 1. The van der Waals surface area contributed by atoms with E-state index in [2.05, 4.69) is 19.2 Å². The molecule has 1 aliphatic rings. The molecule has 5 heteroatoms. The van der Waals surface area contributed by atoms with Gasteiger partial charge in [-0.3, -0.25) is 4.79 Å². The van der Waals surface area contributed by atoms with Gasteiger partial charge in [-0.1, -0.05) is 20.3 Å². The lowest BCUT2D eigenvalue weighted by Gasteiger charge is -2.22. The van der Waals surface area contributed by atoms with Crippen molar-refractivity contribution in [1.29, 1.82) is 0 Å². The Balaban J connectivity index is 2.37. The number of amides is 2. The average molecular weight is 242 g/mol. The second-order valence-corrected chi connectivity index (χ2v) is 4.92. The third-order valence-electron chi connectivity index (χ3n) is 3.09. The molecule has 1 fully saturated rings. The molecular weight excluding hydrogens is 220 g/mol. The lowest BCUT2D eigenvalue weighted by Crippen LogP contribution is -2.44. The maximum atomic E-state index is 11.8. The number of nitrogens with zero attached hydrogens (tertiary/aromatic N) is 1. The molecule has 0 saturated heterocycles. The van der Waals surface area contributed by atoms with Crippen LogP contribution in [0.15, 0.2) is 0 Å². The summed E-state index contributed by atoms with van der Waals surface area (Å²) >= 11 is 0. The molecule has 17 heavy (non-hydrogen) atoms. The van der Waals surface area contributed by atoms with E-state index < -0.39 is 5.97 Å². The predicted octanol–water partition coefficient (Wildman–Crippen LogP) is 1.54. The van der Waals surface area contributed by atoms with Gasteiger partial charge in [0.25, 0.3) is 0 Å². The van der Waals surface area contributed by atoms with Gasteiger partial charge in [0.15, 0.2) is 0 Å². The van der Waals surface area contributed by atoms with E-state index in [1.807, 2.05) is 0 Å². The number of carbonyl (C=O) groups is 2. The number of hydrogen-bond donors (Lipinski definition) is 2. The maximum Gasteiger partial charge on any atom is 0.323 e. The SMILES string of the molecule is CCC(C)CNC(=O)N(CC(=O)O)CC1CC1. The Kier molecular flexibility index (Phi) is 5.25. The topological polar surface area (TPSA) is 69.6 Å². The van der Waals surface area contributed by atoms with Crippen LogP contribution in [-0.2, 0) is 4.79 Å². The molecule has 0 spiro atoms. The Hall–Kier alpha value is -1.26. The van der Waals surface area contributed by atoms with Crippen LogP contribution >= 0.6 is 0 Å². The summed E-state index contributed by atoms with van der Waals surface area (Å²) in [6.07, 6.45) is 3.21. The first-order valence-corrected chi connectivity index (χ1v) is 6.27. The molecule has 0 aromatic carbocycles. The third-order valence-corrected chi connectivity index (χ3v) is 3.09. The largest absolute Gasteiger partial charge is 0.480 e. The van der Waals surface area contributed by atoms with Gasteiger partial charge in [-0.05, 0) is 24.7 Å². The highest BCUT2D eigenvalue weighted by molar-refractivity contribution is 5.80. The van der Waals surface area contributed by atoms with Gasteiger partial charge in [0.2, 0.25) is 0 Å². The third kappa shape index (κ3) is 5.56. The van der Waals surface area contributed by atoms with Crippen LogP contribution in [0.2, 0.25) is 0 Å². The fourth-order valence-corrected chi connectivity index (χ4v) is 1.51. The molecule has 0 heterocycles. The van der Waals surface area contributed by atoms with Gasteiger partial charge in [-0.2, -0.15) is 0 Å². The number of rotatable bonds is 7. The Morgan fingerprint density at radius 3 is 2.59 bits per heavy atom. The van der Waals surface area contributed by atoms with E-state index in [1.54, 1.807) is 0 Å². The minimum atomic E-state index is -0.954. The predicted molar refractivity (Wildman–Crippen MR) is 64.8 cm³/mol. The Labute approximate surface area is 102 Å². The van der Waals surface area contributed by atoms with Gasteiger partial charge in [-0.15, -0.1) is 0 Å². The average Bonchev–Trinajstić information content (AvgIpc) is 3.07. The van der Waals surface area contributed by atoms with Crippen LogP contribution in [0.1, 0.15) is 33.1 Å².